The number of alkyl halides is 1. The Morgan fingerprint density at radius 1 is 1.04 bits per heavy atom. The van der Waals surface area contributed by atoms with Crippen molar-refractivity contribution in [3.63, 3.8) is 0 Å². The first kappa shape index (κ1) is 37.7. The number of amides is 3. The summed E-state index contributed by atoms with van der Waals surface area (Å²) in [6.07, 6.45) is 5.79. The van der Waals surface area contributed by atoms with E-state index in [0.29, 0.717) is 46.9 Å². The second-order valence-corrected chi connectivity index (χ2v) is 16.5. The first-order valence-corrected chi connectivity index (χ1v) is 19.7. The molecule has 2 aliphatic heterocycles. The molecule has 294 valence electrons. The molecule has 1 aliphatic carbocycles. The number of nitrogens with one attached hydrogen (secondary N) is 2. The molecule has 3 aromatic heterocycles. The molecule has 13 nitrogen and oxygen atoms in total. The summed E-state index contributed by atoms with van der Waals surface area (Å²) in [5.41, 5.74) is 3.31. The van der Waals surface area contributed by atoms with Gasteiger partial charge in [-0.25, -0.2) is 14.2 Å². The monoisotopic (exact) mass is 764 g/mol. The Hall–Kier alpha value is -5.21. The normalized spacial score (nSPS) is 23.8. The number of hydrogen-bond donors (Lipinski definition) is 3. The van der Waals surface area contributed by atoms with Crippen molar-refractivity contribution in [1.29, 1.82) is 0 Å². The minimum absolute atomic E-state index is 0.160. The number of halogens is 1. The van der Waals surface area contributed by atoms with E-state index in [0.717, 1.165) is 60.9 Å². The molecule has 1 unspecified atom stereocenters. The van der Waals surface area contributed by atoms with Crippen LogP contribution in [0.2, 0.25) is 0 Å². The highest BCUT2D eigenvalue weighted by molar-refractivity contribution is 6.04. The van der Waals surface area contributed by atoms with Crippen LogP contribution in [0.3, 0.4) is 0 Å². The van der Waals surface area contributed by atoms with Crippen LogP contribution in [0.1, 0.15) is 104 Å². The first-order chi connectivity index (χ1) is 26.7. The average molecular weight is 765 g/mol. The number of fused-ring (bicyclic) bond motifs is 2. The Morgan fingerprint density at radius 3 is 2.52 bits per heavy atom. The van der Waals surface area contributed by atoms with Crippen LogP contribution in [0.15, 0.2) is 59.5 Å². The van der Waals surface area contributed by atoms with Crippen molar-refractivity contribution in [2.45, 2.75) is 95.5 Å². The molecule has 3 N–H and O–H groups in total. The zero-order valence-electron chi connectivity index (χ0n) is 32.3. The maximum atomic E-state index is 16.2. The Morgan fingerprint density at radius 2 is 1.80 bits per heavy atom. The maximum absolute atomic E-state index is 16.2. The Kier molecular flexibility index (Phi) is 9.90. The number of likely N-dealkylation sites (tertiary alicyclic amines) is 1. The summed E-state index contributed by atoms with van der Waals surface area (Å²) in [6, 6.07) is 13.9. The number of anilines is 1. The number of pyridine rings is 1. The van der Waals surface area contributed by atoms with Gasteiger partial charge >= 0.3 is 5.69 Å². The maximum Gasteiger partial charge on any atom is 0.329 e. The lowest BCUT2D eigenvalue weighted by molar-refractivity contribution is -0.135. The summed E-state index contributed by atoms with van der Waals surface area (Å²) in [4.78, 5) is 57.6. The van der Waals surface area contributed by atoms with Crippen molar-refractivity contribution >= 4 is 45.3 Å². The number of carbonyl (C=O) groups is 3. The van der Waals surface area contributed by atoms with E-state index in [1.807, 2.05) is 48.1 Å². The first-order valence-electron chi connectivity index (χ1n) is 19.7. The molecular formula is C42H49FN8O5. The fraction of sp³-hybridized carbons (Fsp3) is 0.476. The molecule has 5 heterocycles. The Bertz CT molecular complexity index is 2400. The van der Waals surface area contributed by atoms with Crippen LogP contribution in [0.25, 0.3) is 21.9 Å². The predicted molar refractivity (Wildman–Crippen MR) is 210 cm³/mol. The van der Waals surface area contributed by atoms with E-state index in [4.69, 9.17) is 5.10 Å². The van der Waals surface area contributed by atoms with Gasteiger partial charge < -0.3 is 15.3 Å². The number of benzene rings is 2. The van der Waals surface area contributed by atoms with Crippen LogP contribution in [-0.4, -0.2) is 77.4 Å². The standard InChI is InChI=1S/C42H49FN8O5/c1-24-7-5-9-32(44-24)39(53)45-34-19-26-22-50(47-33(26)20-30(34)42(2,3)56)27-13-11-25(12-14-27)21-49-18-17-28(31(43)23-49)29-8-6-10-35-38(29)48(4)41(55)51(35)36-15-16-37(52)46-40(36)54/h5-10,19-20,22,25,27-28,31,36,56H,11-18,21,23H2,1-4H3,(H,45,53)(H,46,52,54)/t25-,27-,28-,31+,36?/m1/s1. The van der Waals surface area contributed by atoms with Crippen LogP contribution < -0.4 is 16.3 Å². The molecule has 8 rings (SSSR count). The molecule has 14 heteroatoms. The zero-order chi connectivity index (χ0) is 39.5. The third-order valence-corrected chi connectivity index (χ3v) is 12.1. The van der Waals surface area contributed by atoms with E-state index in [9.17, 15) is 24.3 Å². The van der Waals surface area contributed by atoms with E-state index in [1.165, 1.54) is 9.13 Å². The van der Waals surface area contributed by atoms with Gasteiger partial charge in [-0.3, -0.25) is 33.5 Å². The van der Waals surface area contributed by atoms with Gasteiger partial charge in [0.2, 0.25) is 11.8 Å². The highest BCUT2D eigenvalue weighted by Gasteiger charge is 2.36. The summed E-state index contributed by atoms with van der Waals surface area (Å²) in [7, 11) is 1.66. The summed E-state index contributed by atoms with van der Waals surface area (Å²) in [6.45, 7) is 7.09. The van der Waals surface area contributed by atoms with Crippen molar-refractivity contribution in [2.75, 3.05) is 25.0 Å². The molecule has 56 heavy (non-hydrogen) atoms. The molecular weight excluding hydrogens is 716 g/mol. The molecule has 3 amide bonds. The third kappa shape index (κ3) is 7.16. The number of aryl methyl sites for hydroxylation is 2. The molecule has 2 aromatic carbocycles. The molecule has 5 aromatic rings. The second kappa shape index (κ2) is 14.7. The number of aliphatic hydroxyl groups is 1. The lowest BCUT2D eigenvalue weighted by atomic mass is 9.83. The topological polar surface area (TPSA) is 156 Å². The average Bonchev–Trinajstić information content (AvgIpc) is 3.69. The Labute approximate surface area is 323 Å². The number of para-hydroxylation sites is 1. The Balaban J connectivity index is 0.912. The molecule has 3 atom stereocenters. The van der Waals surface area contributed by atoms with Crippen molar-refractivity contribution in [3.05, 3.63) is 87.7 Å². The van der Waals surface area contributed by atoms with Gasteiger partial charge in [-0.1, -0.05) is 18.2 Å². The number of imidazole rings is 1. The summed E-state index contributed by atoms with van der Waals surface area (Å²) in [5, 5.41) is 22.1. The van der Waals surface area contributed by atoms with Crippen LogP contribution in [0.4, 0.5) is 10.1 Å². The fourth-order valence-electron chi connectivity index (χ4n) is 9.18. The van der Waals surface area contributed by atoms with Gasteiger partial charge in [0.1, 0.15) is 17.9 Å². The molecule has 0 bridgehead atoms. The lowest BCUT2D eigenvalue weighted by Gasteiger charge is -2.38. The highest BCUT2D eigenvalue weighted by atomic mass is 19.1. The number of carbonyl (C=O) groups excluding carboxylic acids is 3. The largest absolute Gasteiger partial charge is 0.386 e. The smallest absolute Gasteiger partial charge is 0.329 e. The molecule has 3 aliphatic rings. The van der Waals surface area contributed by atoms with Crippen LogP contribution in [0, 0.1) is 12.8 Å². The van der Waals surface area contributed by atoms with Crippen LogP contribution in [0.5, 0.6) is 0 Å². The van der Waals surface area contributed by atoms with Gasteiger partial charge in [-0.05, 0) is 108 Å². The van der Waals surface area contributed by atoms with Gasteiger partial charge in [-0.2, -0.15) is 5.10 Å². The summed E-state index contributed by atoms with van der Waals surface area (Å²) in [5.74, 6) is -1.12. The number of piperidine rings is 2. The molecule has 3 fully saturated rings. The lowest BCUT2D eigenvalue weighted by Crippen LogP contribution is -2.44. The van der Waals surface area contributed by atoms with Gasteiger partial charge in [0.25, 0.3) is 5.91 Å². The van der Waals surface area contributed by atoms with E-state index in [2.05, 4.69) is 20.5 Å². The van der Waals surface area contributed by atoms with E-state index >= 15 is 4.39 Å². The van der Waals surface area contributed by atoms with Crippen LogP contribution in [-0.2, 0) is 22.2 Å². The number of aromatic nitrogens is 5. The highest BCUT2D eigenvalue weighted by Crippen LogP contribution is 2.39. The molecule has 1 saturated carbocycles. The molecule has 0 spiro atoms. The minimum atomic E-state index is -1.22. The van der Waals surface area contributed by atoms with Gasteiger partial charge in [0.05, 0.1) is 28.2 Å². The fourth-order valence-corrected chi connectivity index (χ4v) is 9.18. The van der Waals surface area contributed by atoms with Gasteiger partial charge in [0.15, 0.2) is 0 Å². The summed E-state index contributed by atoms with van der Waals surface area (Å²) >= 11 is 0. The molecule has 0 radical (unpaired) electrons. The quantitative estimate of drug-likeness (QED) is 0.177. The summed E-state index contributed by atoms with van der Waals surface area (Å²) < 4.78 is 21.2. The number of rotatable bonds is 8. The van der Waals surface area contributed by atoms with Gasteiger partial charge in [-0.15, -0.1) is 0 Å². The van der Waals surface area contributed by atoms with Crippen molar-refractivity contribution in [1.82, 2.24) is 34.1 Å². The molecule has 2 saturated heterocycles. The van der Waals surface area contributed by atoms with Crippen molar-refractivity contribution in [3.8, 4) is 0 Å². The second-order valence-electron chi connectivity index (χ2n) is 16.5. The van der Waals surface area contributed by atoms with Gasteiger partial charge in [0, 0.05) is 61.0 Å². The van der Waals surface area contributed by atoms with Crippen LogP contribution >= 0.6 is 0 Å². The minimum Gasteiger partial charge on any atom is -0.386 e. The van der Waals surface area contributed by atoms with E-state index in [-0.39, 0.29) is 42.3 Å². The predicted octanol–water partition coefficient (Wildman–Crippen LogP) is 5.41. The van der Waals surface area contributed by atoms with E-state index in [1.54, 1.807) is 39.1 Å². The van der Waals surface area contributed by atoms with E-state index < -0.39 is 23.7 Å². The number of imide groups is 1. The number of nitrogens with zero attached hydrogens (tertiary/aromatic N) is 6. The SMILES string of the molecule is Cc1cccc(C(=O)Nc2cc3cn([C@H]4CC[C@H](CN5CC[C@H](c6cccc7c6n(C)c(=O)n7C6CCC(=O)NC6=O)[C@@H](F)C5)CC4)nc3cc2C(C)(C)O)n1. The zero-order valence-corrected chi connectivity index (χ0v) is 32.3. The number of hydrogen-bond acceptors (Lipinski definition) is 8. The van der Waals surface area contributed by atoms with Crippen molar-refractivity contribution in [2.24, 2.45) is 13.0 Å². The third-order valence-electron chi connectivity index (χ3n) is 12.1. The van der Waals surface area contributed by atoms with Crippen molar-refractivity contribution < 1.29 is 23.9 Å².